The predicted molar refractivity (Wildman–Crippen MR) is 27.9 cm³/mol. The molecule has 0 atom stereocenters. The fourth-order valence-electron chi connectivity index (χ4n) is 0. The van der Waals surface area contributed by atoms with Crippen molar-refractivity contribution in [2.24, 2.45) is 0 Å². The van der Waals surface area contributed by atoms with E-state index in [0.29, 0.717) is 0 Å². The van der Waals surface area contributed by atoms with Gasteiger partial charge in [0.05, 0.1) is 0 Å². The SMILES string of the molecule is O.[CH3-].[CH3-].[Mg+2].[Mg+2]. The van der Waals surface area contributed by atoms with E-state index in [9.17, 15) is 0 Å². The van der Waals surface area contributed by atoms with E-state index in [4.69, 9.17) is 0 Å². The van der Waals surface area contributed by atoms with Crippen LogP contribution in [0, 0.1) is 14.9 Å². The maximum absolute atomic E-state index is 0. The Morgan fingerprint density at radius 3 is 0.600 bits per heavy atom. The molecule has 24 valence electrons. The molecule has 0 aliphatic heterocycles. The van der Waals surface area contributed by atoms with E-state index >= 15 is 0 Å². The van der Waals surface area contributed by atoms with Crippen LogP contribution in [-0.2, 0) is 0 Å². The van der Waals surface area contributed by atoms with Crippen LogP contribution in [0.2, 0.25) is 0 Å². The van der Waals surface area contributed by atoms with E-state index in [1.807, 2.05) is 0 Å². The molecule has 2 N–H and O–H groups in total. The van der Waals surface area contributed by atoms with Crippen molar-refractivity contribution in [2.75, 3.05) is 0 Å². The molecule has 0 spiro atoms. The summed E-state index contributed by atoms with van der Waals surface area (Å²) in [6.07, 6.45) is 0. The quantitative estimate of drug-likeness (QED) is 0.283. The first-order chi connectivity index (χ1) is 0. The normalized spacial score (nSPS) is 0. The summed E-state index contributed by atoms with van der Waals surface area (Å²) in [5, 5.41) is 0. The molecule has 0 heterocycles. The zero-order valence-corrected chi connectivity index (χ0v) is 6.74. The van der Waals surface area contributed by atoms with Crippen LogP contribution in [0.4, 0.5) is 0 Å². The molecule has 0 rings (SSSR count). The van der Waals surface area contributed by atoms with Crippen molar-refractivity contribution in [3.05, 3.63) is 14.9 Å². The van der Waals surface area contributed by atoms with Gasteiger partial charge in [-0.05, 0) is 0 Å². The van der Waals surface area contributed by atoms with Gasteiger partial charge in [0, 0.05) is 0 Å². The Labute approximate surface area is 66.1 Å². The summed E-state index contributed by atoms with van der Waals surface area (Å²) in [5.74, 6) is 0. The Kier molecular flexibility index (Phi) is 875. The monoisotopic (exact) mass is 96.0 g/mol. The summed E-state index contributed by atoms with van der Waals surface area (Å²) < 4.78 is 0. The molecule has 3 heteroatoms. The van der Waals surface area contributed by atoms with Crippen LogP contribution >= 0.6 is 0 Å². The van der Waals surface area contributed by atoms with E-state index in [2.05, 4.69) is 0 Å². The zero-order valence-electron chi connectivity index (χ0n) is 3.91. The number of hydrogen-bond donors (Lipinski definition) is 0. The molecule has 5 heavy (non-hydrogen) atoms. The van der Waals surface area contributed by atoms with Gasteiger partial charge in [-0.3, -0.25) is 0 Å². The molecule has 0 aliphatic rings. The summed E-state index contributed by atoms with van der Waals surface area (Å²) in [6, 6.07) is 0. The van der Waals surface area contributed by atoms with Crippen molar-refractivity contribution in [1.82, 2.24) is 0 Å². The van der Waals surface area contributed by atoms with Gasteiger partial charge in [-0.25, -0.2) is 0 Å². The Balaban J connectivity index is 0. The molecule has 0 aromatic carbocycles. The van der Waals surface area contributed by atoms with Gasteiger partial charge in [-0.1, -0.05) is 0 Å². The van der Waals surface area contributed by atoms with Gasteiger partial charge >= 0.3 is 46.1 Å². The minimum Gasteiger partial charge on any atom is -0.412 e. The van der Waals surface area contributed by atoms with Crippen LogP contribution in [0.25, 0.3) is 0 Å². The molecule has 0 aliphatic carbocycles. The van der Waals surface area contributed by atoms with Crippen LogP contribution in [0.3, 0.4) is 0 Å². The first-order valence-electron chi connectivity index (χ1n) is 0. The topological polar surface area (TPSA) is 31.5 Å². The molecule has 0 aromatic heterocycles. The summed E-state index contributed by atoms with van der Waals surface area (Å²) in [6.45, 7) is 0. The van der Waals surface area contributed by atoms with Gasteiger partial charge in [0.25, 0.3) is 0 Å². The van der Waals surface area contributed by atoms with E-state index in [0.717, 1.165) is 0 Å². The van der Waals surface area contributed by atoms with Crippen molar-refractivity contribution in [3.63, 3.8) is 0 Å². The molecule has 1 nitrogen and oxygen atoms in total. The van der Waals surface area contributed by atoms with Gasteiger partial charge in [-0.2, -0.15) is 0 Å². The van der Waals surface area contributed by atoms with Crippen LogP contribution in [0.15, 0.2) is 0 Å². The first kappa shape index (κ1) is 87.9. The van der Waals surface area contributed by atoms with Crippen LogP contribution in [0.1, 0.15) is 0 Å². The third-order valence-corrected chi connectivity index (χ3v) is 0. The fourth-order valence-corrected chi connectivity index (χ4v) is 0. The molecule has 0 bridgehead atoms. The maximum Gasteiger partial charge on any atom is 2.00 e. The minimum absolute atomic E-state index is 0. The minimum atomic E-state index is 0. The molecule has 0 saturated carbocycles. The van der Waals surface area contributed by atoms with Gasteiger partial charge in [0.2, 0.25) is 0 Å². The van der Waals surface area contributed by atoms with E-state index < -0.39 is 0 Å². The van der Waals surface area contributed by atoms with E-state index in [1.165, 1.54) is 0 Å². The van der Waals surface area contributed by atoms with Gasteiger partial charge in [0.15, 0.2) is 0 Å². The summed E-state index contributed by atoms with van der Waals surface area (Å²) in [4.78, 5) is 0. The standard InChI is InChI=1S/2CH3.2Mg.H2O/h2*1H3;;;1H2/q2*-1;2*+2;. The van der Waals surface area contributed by atoms with Crippen molar-refractivity contribution < 1.29 is 5.48 Å². The van der Waals surface area contributed by atoms with Crippen molar-refractivity contribution in [3.8, 4) is 0 Å². The average molecular weight is 96.7 g/mol. The second kappa shape index (κ2) is 49.8. The van der Waals surface area contributed by atoms with Crippen LogP contribution < -0.4 is 0 Å². The third-order valence-electron chi connectivity index (χ3n) is 0. The smallest absolute Gasteiger partial charge is 0.412 e. The average Bonchev–Trinajstić information content (AvgIpc) is 0. The van der Waals surface area contributed by atoms with Crippen molar-refractivity contribution in [1.29, 1.82) is 0 Å². The first-order valence-corrected chi connectivity index (χ1v) is 0. The maximum atomic E-state index is 0. The second-order valence-electron chi connectivity index (χ2n) is 0. The van der Waals surface area contributed by atoms with Gasteiger partial charge in [-0.15, -0.1) is 0 Å². The Morgan fingerprint density at radius 1 is 0.600 bits per heavy atom. The number of hydrogen-bond acceptors (Lipinski definition) is 0. The van der Waals surface area contributed by atoms with Gasteiger partial charge < -0.3 is 20.3 Å². The van der Waals surface area contributed by atoms with Gasteiger partial charge in [0.1, 0.15) is 0 Å². The van der Waals surface area contributed by atoms with Crippen LogP contribution in [-0.4, -0.2) is 51.6 Å². The predicted octanol–water partition coefficient (Wildman–Crippen LogP) is -0.686. The fraction of sp³-hybridized carbons (Fsp3) is 0. The molecule has 0 aromatic rings. The van der Waals surface area contributed by atoms with Crippen LogP contribution in [0.5, 0.6) is 0 Å². The Bertz CT molecular complexity index is 7.61. The Morgan fingerprint density at radius 2 is 0.600 bits per heavy atom. The summed E-state index contributed by atoms with van der Waals surface area (Å²) in [7, 11) is 0. The van der Waals surface area contributed by atoms with Crippen molar-refractivity contribution in [2.45, 2.75) is 0 Å². The largest absolute Gasteiger partial charge is 2.00 e. The van der Waals surface area contributed by atoms with E-state index in [-0.39, 0.29) is 66.4 Å². The molecule has 0 fully saturated rings. The Hall–Kier alpha value is 1.49. The number of rotatable bonds is 0. The van der Waals surface area contributed by atoms with Crippen molar-refractivity contribution >= 4 is 46.1 Å². The zero-order chi connectivity index (χ0) is 0. The molecule has 0 radical (unpaired) electrons. The summed E-state index contributed by atoms with van der Waals surface area (Å²) >= 11 is 0. The molecule has 0 unspecified atom stereocenters. The molecule has 0 amide bonds. The molecular formula is C2H8Mg2O+2. The van der Waals surface area contributed by atoms with E-state index in [1.54, 1.807) is 0 Å². The third kappa shape index (κ3) is 30.1. The molecule has 0 saturated heterocycles. The summed E-state index contributed by atoms with van der Waals surface area (Å²) in [5.41, 5.74) is 0. The molecular weight excluding hydrogens is 88.6 g/mol. The second-order valence-corrected chi connectivity index (χ2v) is 0.